The van der Waals surface area contributed by atoms with Crippen LogP contribution in [0.1, 0.15) is 70.7 Å². The van der Waals surface area contributed by atoms with Gasteiger partial charge in [0, 0.05) is 18.5 Å². The Labute approximate surface area is 197 Å². The van der Waals surface area contributed by atoms with E-state index in [1.165, 1.54) is 24.2 Å². The van der Waals surface area contributed by atoms with E-state index in [4.69, 9.17) is 15.9 Å². The van der Waals surface area contributed by atoms with Crippen molar-refractivity contribution in [2.75, 3.05) is 13.1 Å². The number of aromatic hydroxyl groups is 1. The van der Waals surface area contributed by atoms with Crippen molar-refractivity contribution >= 4 is 44.7 Å². The molecule has 1 aliphatic heterocycles. The summed E-state index contributed by atoms with van der Waals surface area (Å²) in [6.45, 7) is 12.5. The molecule has 0 amide bonds. The number of furan rings is 1. The SMILES string of the molecule is C/C=S(\c1scc(N=C(N)C(N)=N[C@@H](c2cc(C(C)C)co2)C(C)C)c1O)N1CCCC1. The molecule has 0 aliphatic carbocycles. The van der Waals surface area contributed by atoms with Crippen molar-refractivity contribution in [2.45, 2.75) is 63.6 Å². The van der Waals surface area contributed by atoms with Gasteiger partial charge < -0.3 is 21.0 Å². The summed E-state index contributed by atoms with van der Waals surface area (Å²) < 4.78 is 9.08. The van der Waals surface area contributed by atoms with E-state index < -0.39 is 0 Å². The van der Waals surface area contributed by atoms with E-state index >= 15 is 0 Å². The van der Waals surface area contributed by atoms with Gasteiger partial charge in [0.05, 0.1) is 6.26 Å². The van der Waals surface area contributed by atoms with Gasteiger partial charge >= 0.3 is 0 Å². The van der Waals surface area contributed by atoms with Crippen LogP contribution in [0.4, 0.5) is 5.69 Å². The van der Waals surface area contributed by atoms with Gasteiger partial charge in [-0.2, -0.15) is 0 Å². The topological polar surface area (TPSA) is 113 Å². The van der Waals surface area contributed by atoms with Crippen LogP contribution in [0.25, 0.3) is 0 Å². The van der Waals surface area contributed by atoms with Crippen LogP contribution in [0, 0.1) is 5.92 Å². The molecule has 0 aromatic carbocycles. The first kappa shape index (κ1) is 24.5. The number of amidine groups is 2. The van der Waals surface area contributed by atoms with Crippen molar-refractivity contribution in [1.29, 1.82) is 0 Å². The molecule has 7 nitrogen and oxygen atoms in total. The van der Waals surface area contributed by atoms with E-state index in [2.05, 4.69) is 47.4 Å². The third kappa shape index (κ3) is 5.44. The number of rotatable bonds is 7. The molecule has 0 bridgehead atoms. The van der Waals surface area contributed by atoms with Gasteiger partial charge in [-0.05, 0) is 48.6 Å². The number of hydrogen-bond acceptors (Lipinski definition) is 6. The summed E-state index contributed by atoms with van der Waals surface area (Å²) in [5, 5.41) is 14.8. The molecule has 1 fully saturated rings. The van der Waals surface area contributed by atoms with Gasteiger partial charge in [-0.1, -0.05) is 38.4 Å². The first-order chi connectivity index (χ1) is 15.2. The summed E-state index contributed by atoms with van der Waals surface area (Å²) in [5.74, 6) is 1.69. The van der Waals surface area contributed by atoms with Crippen LogP contribution >= 0.6 is 22.0 Å². The Morgan fingerprint density at radius 2 is 1.91 bits per heavy atom. The van der Waals surface area contributed by atoms with Crippen molar-refractivity contribution in [3.8, 4) is 5.75 Å². The quantitative estimate of drug-likeness (QED) is 0.282. The second kappa shape index (κ2) is 10.7. The maximum Gasteiger partial charge on any atom is 0.166 e. The van der Waals surface area contributed by atoms with Crippen molar-refractivity contribution in [2.24, 2.45) is 27.4 Å². The third-order valence-corrected chi connectivity index (χ3v) is 8.97. The highest BCUT2D eigenvalue weighted by Crippen LogP contribution is 2.48. The molecule has 3 rings (SSSR count). The first-order valence-corrected chi connectivity index (χ1v) is 13.2. The molecular formula is C23H35N5O2S2. The Hall–Kier alpha value is -2.10. The zero-order valence-electron chi connectivity index (χ0n) is 19.5. The lowest BCUT2D eigenvalue weighted by Crippen LogP contribution is -2.32. The van der Waals surface area contributed by atoms with Crippen molar-refractivity contribution in [3.63, 3.8) is 0 Å². The van der Waals surface area contributed by atoms with Crippen molar-refractivity contribution < 1.29 is 9.52 Å². The lowest BCUT2D eigenvalue weighted by molar-refractivity contribution is 0.404. The van der Waals surface area contributed by atoms with Gasteiger partial charge in [0.2, 0.25) is 0 Å². The van der Waals surface area contributed by atoms with Crippen LogP contribution in [0.5, 0.6) is 5.75 Å². The van der Waals surface area contributed by atoms with Gasteiger partial charge in [-0.25, -0.2) is 4.99 Å². The molecule has 0 saturated carbocycles. The Kier molecular flexibility index (Phi) is 8.19. The maximum atomic E-state index is 10.8. The molecule has 2 aromatic rings. The Balaban J connectivity index is 1.85. The standard InChI is InChI=1S/C23H35N5O2S2/c1-6-32(28-9-7-8-10-28)23-20(29)17(13-31-23)26-21(24)22(25)27-19(15(4)5)18-11-16(12-30-18)14(2)3/h6,11-15,19,29H,7-10H2,1-5H3,(H2,24,26)(H2,25,27)/t19-,32?/m1/s1. The molecule has 2 atom stereocenters. The second-order valence-corrected chi connectivity index (χ2v) is 11.7. The largest absolute Gasteiger partial charge is 0.504 e. The molecular weight excluding hydrogens is 442 g/mol. The highest BCUT2D eigenvalue weighted by Gasteiger charge is 2.23. The third-order valence-electron chi connectivity index (χ3n) is 5.48. The number of aliphatic imine (C=N–C) groups is 2. The maximum absolute atomic E-state index is 10.8. The molecule has 176 valence electrons. The normalized spacial score (nSPS) is 18.2. The highest BCUT2D eigenvalue weighted by atomic mass is 32.2. The average molecular weight is 478 g/mol. The molecule has 5 N–H and O–H groups in total. The van der Waals surface area contributed by atoms with Gasteiger partial charge in [0.25, 0.3) is 0 Å². The highest BCUT2D eigenvalue weighted by molar-refractivity contribution is 8.14. The number of nitrogens with zero attached hydrogens (tertiary/aromatic N) is 3. The minimum atomic E-state index is -0.265. The van der Waals surface area contributed by atoms with Gasteiger partial charge in [-0.15, -0.1) is 11.3 Å². The van der Waals surface area contributed by atoms with E-state index in [9.17, 15) is 5.11 Å². The van der Waals surface area contributed by atoms with Crippen LogP contribution < -0.4 is 11.5 Å². The fourth-order valence-corrected chi connectivity index (χ4v) is 7.03. The predicted octanol–water partition coefficient (Wildman–Crippen LogP) is 5.37. The fraction of sp³-hybridized carbons (Fsp3) is 0.522. The van der Waals surface area contributed by atoms with E-state index in [0.29, 0.717) is 11.6 Å². The van der Waals surface area contributed by atoms with E-state index in [-0.39, 0.29) is 40.1 Å². The van der Waals surface area contributed by atoms with Gasteiger partial charge in [0.1, 0.15) is 21.7 Å². The van der Waals surface area contributed by atoms with Crippen molar-refractivity contribution in [3.05, 3.63) is 29.0 Å². The Morgan fingerprint density at radius 1 is 1.22 bits per heavy atom. The summed E-state index contributed by atoms with van der Waals surface area (Å²) in [5.41, 5.74) is 13.9. The van der Waals surface area contributed by atoms with Crippen LogP contribution in [0.2, 0.25) is 0 Å². The fourth-order valence-electron chi connectivity index (χ4n) is 3.58. The molecule has 2 aromatic heterocycles. The molecule has 0 spiro atoms. The summed E-state index contributed by atoms with van der Waals surface area (Å²) in [4.78, 5) is 9.02. The lowest BCUT2D eigenvalue weighted by atomic mass is 10.00. The number of hydrogen-bond donors (Lipinski definition) is 3. The summed E-state index contributed by atoms with van der Waals surface area (Å²) in [6, 6.07) is 1.76. The zero-order valence-corrected chi connectivity index (χ0v) is 21.2. The number of thiophene rings is 1. The van der Waals surface area contributed by atoms with Crippen molar-refractivity contribution in [1.82, 2.24) is 4.31 Å². The van der Waals surface area contributed by atoms with Crippen LogP contribution in [-0.4, -0.2) is 39.5 Å². The molecule has 1 unspecified atom stereocenters. The second-order valence-electron chi connectivity index (χ2n) is 8.58. The van der Waals surface area contributed by atoms with Crippen LogP contribution in [0.15, 0.2) is 36.3 Å². The first-order valence-electron chi connectivity index (χ1n) is 11.1. The molecule has 1 saturated heterocycles. The summed E-state index contributed by atoms with van der Waals surface area (Å²) in [6.07, 6.45) is 4.16. The monoisotopic (exact) mass is 477 g/mol. The van der Waals surface area contributed by atoms with Gasteiger partial charge in [-0.3, -0.25) is 9.30 Å². The van der Waals surface area contributed by atoms with Crippen LogP contribution in [-0.2, 0) is 0 Å². The smallest absolute Gasteiger partial charge is 0.166 e. The Bertz CT molecular complexity index is 1010. The molecule has 0 radical (unpaired) electrons. The molecule has 32 heavy (non-hydrogen) atoms. The molecule has 9 heteroatoms. The average Bonchev–Trinajstić information content (AvgIpc) is 3.50. The van der Waals surface area contributed by atoms with Crippen LogP contribution in [0.3, 0.4) is 0 Å². The lowest BCUT2D eigenvalue weighted by Gasteiger charge is -2.19. The minimum Gasteiger partial charge on any atom is -0.504 e. The van der Waals surface area contributed by atoms with E-state index in [0.717, 1.165) is 28.6 Å². The van der Waals surface area contributed by atoms with Gasteiger partial charge in [0.15, 0.2) is 17.4 Å². The molecule has 1 aliphatic rings. The van der Waals surface area contributed by atoms with E-state index in [1.54, 1.807) is 6.26 Å². The minimum absolute atomic E-state index is 0.0903. The summed E-state index contributed by atoms with van der Waals surface area (Å²) >= 11 is 1.50. The molecule has 3 heterocycles. The summed E-state index contributed by atoms with van der Waals surface area (Å²) in [7, 11) is -0.235. The predicted molar refractivity (Wildman–Crippen MR) is 138 cm³/mol. The number of nitrogens with two attached hydrogens (primary N) is 2. The zero-order chi connectivity index (χ0) is 23.4. The van der Waals surface area contributed by atoms with E-state index in [1.807, 2.05) is 18.4 Å². The Morgan fingerprint density at radius 3 is 2.47 bits per heavy atom.